The van der Waals surface area contributed by atoms with Gasteiger partial charge in [-0.05, 0) is 18.1 Å². The molecule has 4 nitrogen and oxygen atoms in total. The van der Waals surface area contributed by atoms with Crippen LogP contribution in [0.15, 0.2) is 12.1 Å². The SMILES string of the molecule is COc1cc2c(c(OC)c1)CC(=O)C(N)C2.Cl. The maximum atomic E-state index is 11.6. The van der Waals surface area contributed by atoms with Gasteiger partial charge < -0.3 is 15.2 Å². The van der Waals surface area contributed by atoms with E-state index in [1.165, 1.54) is 0 Å². The average molecular weight is 258 g/mol. The molecule has 2 N–H and O–H groups in total. The zero-order valence-electron chi connectivity index (χ0n) is 9.86. The number of hydrogen-bond acceptors (Lipinski definition) is 4. The molecule has 5 heteroatoms. The molecule has 0 aliphatic heterocycles. The van der Waals surface area contributed by atoms with E-state index < -0.39 is 6.04 Å². The first-order chi connectivity index (χ1) is 7.65. The van der Waals surface area contributed by atoms with Crippen LogP contribution in [0.1, 0.15) is 11.1 Å². The smallest absolute Gasteiger partial charge is 0.154 e. The summed E-state index contributed by atoms with van der Waals surface area (Å²) >= 11 is 0. The van der Waals surface area contributed by atoms with Gasteiger partial charge in [0.05, 0.1) is 20.3 Å². The van der Waals surface area contributed by atoms with Crippen LogP contribution in [0.25, 0.3) is 0 Å². The lowest BCUT2D eigenvalue weighted by atomic mass is 9.87. The van der Waals surface area contributed by atoms with E-state index in [9.17, 15) is 4.79 Å². The molecule has 0 saturated carbocycles. The molecule has 94 valence electrons. The van der Waals surface area contributed by atoms with Crippen LogP contribution >= 0.6 is 12.4 Å². The Balaban J connectivity index is 0.00000144. The molecule has 0 fully saturated rings. The van der Waals surface area contributed by atoms with Gasteiger partial charge in [-0.2, -0.15) is 0 Å². The maximum Gasteiger partial charge on any atom is 0.154 e. The number of carbonyl (C=O) groups is 1. The van der Waals surface area contributed by atoms with Crippen LogP contribution in [0.3, 0.4) is 0 Å². The third-order valence-corrected chi connectivity index (χ3v) is 2.93. The predicted octanol–water partition coefficient (Wildman–Crippen LogP) is 1.12. The summed E-state index contributed by atoms with van der Waals surface area (Å²) in [5, 5.41) is 0. The molecule has 0 heterocycles. The Hall–Kier alpha value is -1.26. The fourth-order valence-corrected chi connectivity index (χ4v) is 2.01. The lowest BCUT2D eigenvalue weighted by Crippen LogP contribution is -2.37. The summed E-state index contributed by atoms with van der Waals surface area (Å²) in [5.74, 6) is 1.50. The average Bonchev–Trinajstić information content (AvgIpc) is 2.29. The number of benzene rings is 1. The number of ether oxygens (including phenoxy) is 2. The largest absolute Gasteiger partial charge is 0.497 e. The van der Waals surface area contributed by atoms with Crippen molar-refractivity contribution in [1.82, 2.24) is 0 Å². The predicted molar refractivity (Wildman–Crippen MR) is 67.2 cm³/mol. The second-order valence-electron chi connectivity index (χ2n) is 3.92. The first-order valence-corrected chi connectivity index (χ1v) is 5.17. The van der Waals surface area contributed by atoms with Crippen LogP contribution in [-0.2, 0) is 17.6 Å². The van der Waals surface area contributed by atoms with Gasteiger partial charge in [0.15, 0.2) is 5.78 Å². The van der Waals surface area contributed by atoms with Gasteiger partial charge in [-0.1, -0.05) is 0 Å². The topological polar surface area (TPSA) is 61.5 Å². The molecule has 17 heavy (non-hydrogen) atoms. The normalized spacial score (nSPS) is 18.1. The highest BCUT2D eigenvalue weighted by Crippen LogP contribution is 2.32. The zero-order chi connectivity index (χ0) is 11.7. The number of Topliss-reactive ketones (excluding diaryl/α,β-unsaturated/α-hetero) is 1. The number of methoxy groups -OCH3 is 2. The third kappa shape index (κ3) is 2.53. The maximum absolute atomic E-state index is 11.6. The minimum Gasteiger partial charge on any atom is -0.497 e. The summed E-state index contributed by atoms with van der Waals surface area (Å²) in [5.41, 5.74) is 7.73. The molecular formula is C12H16ClNO3. The first kappa shape index (κ1) is 13.8. The van der Waals surface area contributed by atoms with E-state index in [2.05, 4.69) is 0 Å². The molecule has 0 saturated heterocycles. The summed E-state index contributed by atoms with van der Waals surface area (Å²) in [6.45, 7) is 0. The first-order valence-electron chi connectivity index (χ1n) is 5.17. The van der Waals surface area contributed by atoms with E-state index >= 15 is 0 Å². The summed E-state index contributed by atoms with van der Waals surface area (Å²) in [6.07, 6.45) is 0.908. The van der Waals surface area contributed by atoms with Crippen LogP contribution in [-0.4, -0.2) is 26.0 Å². The standard InChI is InChI=1S/C12H15NO3.ClH/c1-15-8-3-7-4-10(13)11(14)6-9(7)12(5-8)16-2;/h3,5,10H,4,6,13H2,1-2H3;1H. The molecule has 1 aromatic rings. The Morgan fingerprint density at radius 3 is 2.59 bits per heavy atom. The van der Waals surface area contributed by atoms with Crippen molar-refractivity contribution in [3.05, 3.63) is 23.3 Å². The highest BCUT2D eigenvalue weighted by atomic mass is 35.5. The molecule has 2 rings (SSSR count). The van der Waals surface area contributed by atoms with Crippen molar-refractivity contribution in [3.8, 4) is 11.5 Å². The number of halogens is 1. The van der Waals surface area contributed by atoms with Crippen LogP contribution < -0.4 is 15.2 Å². The van der Waals surface area contributed by atoms with Crippen molar-refractivity contribution in [2.75, 3.05) is 14.2 Å². The Morgan fingerprint density at radius 1 is 1.29 bits per heavy atom. The molecule has 0 spiro atoms. The minimum absolute atomic E-state index is 0. The quantitative estimate of drug-likeness (QED) is 0.863. The molecule has 0 aromatic heterocycles. The molecule has 1 aromatic carbocycles. The number of hydrogen-bond donors (Lipinski definition) is 1. The molecule has 0 radical (unpaired) electrons. The number of rotatable bonds is 2. The highest BCUT2D eigenvalue weighted by Gasteiger charge is 2.26. The van der Waals surface area contributed by atoms with Crippen LogP contribution in [0.2, 0.25) is 0 Å². The lowest BCUT2D eigenvalue weighted by Gasteiger charge is -2.23. The van der Waals surface area contributed by atoms with Gasteiger partial charge in [-0.3, -0.25) is 4.79 Å². The highest BCUT2D eigenvalue weighted by molar-refractivity contribution is 5.89. The number of fused-ring (bicyclic) bond motifs is 1. The summed E-state index contributed by atoms with van der Waals surface area (Å²) in [7, 11) is 3.20. The van der Waals surface area contributed by atoms with Gasteiger partial charge in [0.25, 0.3) is 0 Å². The van der Waals surface area contributed by atoms with E-state index in [4.69, 9.17) is 15.2 Å². The van der Waals surface area contributed by atoms with Crippen molar-refractivity contribution in [2.24, 2.45) is 5.73 Å². The Labute approximate surface area is 106 Å². The lowest BCUT2D eigenvalue weighted by molar-refractivity contribution is -0.120. The van der Waals surface area contributed by atoms with E-state index in [1.54, 1.807) is 20.3 Å². The summed E-state index contributed by atoms with van der Waals surface area (Å²) in [6, 6.07) is 3.32. The molecular weight excluding hydrogens is 242 g/mol. The summed E-state index contributed by atoms with van der Waals surface area (Å²) in [4.78, 5) is 11.6. The van der Waals surface area contributed by atoms with Crippen LogP contribution in [0.4, 0.5) is 0 Å². The molecule has 1 atom stereocenters. The van der Waals surface area contributed by atoms with Crippen molar-refractivity contribution >= 4 is 18.2 Å². The van der Waals surface area contributed by atoms with Crippen molar-refractivity contribution in [1.29, 1.82) is 0 Å². The second-order valence-corrected chi connectivity index (χ2v) is 3.92. The number of carbonyl (C=O) groups excluding carboxylic acids is 1. The fraction of sp³-hybridized carbons (Fsp3) is 0.417. The molecule has 0 amide bonds. The summed E-state index contributed by atoms with van der Waals surface area (Å²) < 4.78 is 10.4. The minimum atomic E-state index is -0.399. The van der Waals surface area contributed by atoms with Gasteiger partial charge in [-0.15, -0.1) is 12.4 Å². The van der Waals surface area contributed by atoms with Crippen LogP contribution in [0, 0.1) is 0 Å². The Bertz CT molecular complexity index is 434. The second kappa shape index (κ2) is 5.38. The zero-order valence-corrected chi connectivity index (χ0v) is 10.7. The van der Waals surface area contributed by atoms with Gasteiger partial charge in [-0.25, -0.2) is 0 Å². The van der Waals surface area contributed by atoms with E-state index in [0.717, 1.165) is 16.9 Å². The van der Waals surface area contributed by atoms with Crippen molar-refractivity contribution in [3.63, 3.8) is 0 Å². The molecule has 1 aliphatic carbocycles. The van der Waals surface area contributed by atoms with Gasteiger partial charge in [0.1, 0.15) is 11.5 Å². The van der Waals surface area contributed by atoms with E-state index in [-0.39, 0.29) is 18.2 Å². The Morgan fingerprint density at radius 2 is 2.00 bits per heavy atom. The van der Waals surface area contributed by atoms with E-state index in [0.29, 0.717) is 18.6 Å². The van der Waals surface area contributed by atoms with Crippen LogP contribution in [0.5, 0.6) is 11.5 Å². The molecule has 1 aliphatic rings. The number of ketones is 1. The number of nitrogens with two attached hydrogens (primary N) is 1. The fourth-order valence-electron chi connectivity index (χ4n) is 2.01. The van der Waals surface area contributed by atoms with Crippen molar-refractivity contribution < 1.29 is 14.3 Å². The van der Waals surface area contributed by atoms with Gasteiger partial charge in [0.2, 0.25) is 0 Å². The third-order valence-electron chi connectivity index (χ3n) is 2.93. The molecule has 0 bridgehead atoms. The van der Waals surface area contributed by atoms with Crippen molar-refractivity contribution in [2.45, 2.75) is 18.9 Å². The Kier molecular flexibility index (Phi) is 4.37. The molecule has 1 unspecified atom stereocenters. The van der Waals surface area contributed by atoms with E-state index in [1.807, 2.05) is 6.07 Å². The monoisotopic (exact) mass is 257 g/mol. The van der Waals surface area contributed by atoms with Gasteiger partial charge >= 0.3 is 0 Å². The van der Waals surface area contributed by atoms with Gasteiger partial charge in [0, 0.05) is 18.1 Å².